The van der Waals surface area contributed by atoms with Crippen molar-refractivity contribution in [3.63, 3.8) is 0 Å². The van der Waals surface area contributed by atoms with E-state index in [1.54, 1.807) is 12.1 Å². The Morgan fingerprint density at radius 2 is 2.19 bits per heavy atom. The van der Waals surface area contributed by atoms with Crippen LogP contribution < -0.4 is 4.74 Å². The maximum Gasteiger partial charge on any atom is 0.338 e. The summed E-state index contributed by atoms with van der Waals surface area (Å²) in [4.78, 5) is 22.3. The van der Waals surface area contributed by atoms with Crippen molar-refractivity contribution < 1.29 is 19.1 Å². The molecule has 0 amide bonds. The summed E-state index contributed by atoms with van der Waals surface area (Å²) >= 11 is 0. The Morgan fingerprint density at radius 1 is 1.44 bits per heavy atom. The van der Waals surface area contributed by atoms with Gasteiger partial charge >= 0.3 is 5.97 Å². The van der Waals surface area contributed by atoms with Crippen LogP contribution in [0.1, 0.15) is 34.1 Å². The lowest BCUT2D eigenvalue weighted by molar-refractivity contribution is 0.0597. The van der Waals surface area contributed by atoms with Crippen molar-refractivity contribution in [2.45, 2.75) is 13.3 Å². The van der Waals surface area contributed by atoms with Crippen molar-refractivity contribution in [1.82, 2.24) is 0 Å². The summed E-state index contributed by atoms with van der Waals surface area (Å²) in [6, 6.07) is 4.85. The summed E-state index contributed by atoms with van der Waals surface area (Å²) in [5, 5.41) is 0. The minimum Gasteiger partial charge on any atom is -0.493 e. The predicted molar refractivity (Wildman–Crippen MR) is 59.0 cm³/mol. The molecular weight excluding hydrogens is 208 g/mol. The Bertz CT molecular complexity index is 385. The van der Waals surface area contributed by atoms with Gasteiger partial charge in [0.15, 0.2) is 6.29 Å². The minimum atomic E-state index is -0.538. The first-order chi connectivity index (χ1) is 7.74. The van der Waals surface area contributed by atoms with Gasteiger partial charge in [0.25, 0.3) is 0 Å². The number of ether oxygens (including phenoxy) is 2. The number of carbonyl (C=O) groups is 2. The molecule has 0 aliphatic rings. The van der Waals surface area contributed by atoms with Gasteiger partial charge in [0, 0.05) is 0 Å². The van der Waals surface area contributed by atoms with Gasteiger partial charge in [0.05, 0.1) is 24.8 Å². The standard InChI is InChI=1S/C12H14O4/c1-3-7-16-11-6-4-5-9(10(11)8-13)12(14)15-2/h4-6,8H,3,7H2,1-2H3. The van der Waals surface area contributed by atoms with Crippen molar-refractivity contribution >= 4 is 12.3 Å². The summed E-state index contributed by atoms with van der Waals surface area (Å²) in [6.45, 7) is 2.47. The Labute approximate surface area is 94.2 Å². The number of rotatable bonds is 5. The molecule has 0 N–H and O–H groups in total. The Kier molecular flexibility index (Phi) is 4.51. The molecule has 16 heavy (non-hydrogen) atoms. The molecule has 0 spiro atoms. The molecule has 0 aromatic heterocycles. The molecule has 0 atom stereocenters. The topological polar surface area (TPSA) is 52.6 Å². The summed E-state index contributed by atoms with van der Waals surface area (Å²) in [6.07, 6.45) is 1.44. The van der Waals surface area contributed by atoms with Crippen LogP contribution >= 0.6 is 0 Å². The van der Waals surface area contributed by atoms with Crippen LogP contribution in [0.4, 0.5) is 0 Å². The van der Waals surface area contributed by atoms with E-state index in [2.05, 4.69) is 4.74 Å². The second kappa shape index (κ2) is 5.90. The maximum atomic E-state index is 11.4. The Hall–Kier alpha value is -1.84. The third-order valence-corrected chi connectivity index (χ3v) is 2.05. The Balaban J connectivity index is 3.10. The number of hydrogen-bond acceptors (Lipinski definition) is 4. The second-order valence-electron chi connectivity index (χ2n) is 3.18. The second-order valence-corrected chi connectivity index (χ2v) is 3.18. The van der Waals surface area contributed by atoms with Crippen LogP contribution in [0.2, 0.25) is 0 Å². The van der Waals surface area contributed by atoms with Crippen LogP contribution in [0, 0.1) is 0 Å². The third-order valence-electron chi connectivity index (χ3n) is 2.05. The number of methoxy groups -OCH3 is 1. The quantitative estimate of drug-likeness (QED) is 0.565. The highest BCUT2D eigenvalue weighted by Crippen LogP contribution is 2.21. The van der Waals surface area contributed by atoms with Crippen LogP contribution in [-0.2, 0) is 4.74 Å². The molecule has 0 heterocycles. The number of carbonyl (C=O) groups excluding carboxylic acids is 2. The highest BCUT2D eigenvalue weighted by Gasteiger charge is 2.15. The SMILES string of the molecule is CCCOc1cccc(C(=O)OC)c1C=O. The monoisotopic (exact) mass is 222 g/mol. The number of hydrogen-bond donors (Lipinski definition) is 0. The van der Waals surface area contributed by atoms with Crippen molar-refractivity contribution in [3.8, 4) is 5.75 Å². The van der Waals surface area contributed by atoms with Gasteiger partial charge in [-0.1, -0.05) is 13.0 Å². The van der Waals surface area contributed by atoms with Crippen LogP contribution in [0.3, 0.4) is 0 Å². The molecule has 0 radical (unpaired) electrons. The largest absolute Gasteiger partial charge is 0.493 e. The lowest BCUT2D eigenvalue weighted by Crippen LogP contribution is -2.08. The fourth-order valence-corrected chi connectivity index (χ4v) is 1.29. The van der Waals surface area contributed by atoms with E-state index in [0.717, 1.165) is 6.42 Å². The highest BCUT2D eigenvalue weighted by atomic mass is 16.5. The van der Waals surface area contributed by atoms with E-state index >= 15 is 0 Å². The summed E-state index contributed by atoms with van der Waals surface area (Å²) in [5.41, 5.74) is 0.467. The predicted octanol–water partition coefficient (Wildman–Crippen LogP) is 2.07. The zero-order valence-electron chi connectivity index (χ0n) is 9.36. The molecule has 0 fully saturated rings. The van der Waals surface area contributed by atoms with Gasteiger partial charge in [0.2, 0.25) is 0 Å². The third kappa shape index (κ3) is 2.59. The minimum absolute atomic E-state index is 0.228. The summed E-state index contributed by atoms with van der Waals surface area (Å²) in [5.74, 6) is -0.121. The van der Waals surface area contributed by atoms with E-state index in [4.69, 9.17) is 4.74 Å². The lowest BCUT2D eigenvalue weighted by Gasteiger charge is -2.09. The molecule has 0 saturated heterocycles. The van der Waals surface area contributed by atoms with E-state index in [1.807, 2.05) is 6.92 Å². The molecular formula is C12H14O4. The molecule has 1 rings (SSSR count). The molecule has 0 aliphatic heterocycles. The molecule has 1 aromatic carbocycles. The summed E-state index contributed by atoms with van der Waals surface area (Å²) in [7, 11) is 1.27. The van der Waals surface area contributed by atoms with Crippen LogP contribution in [-0.4, -0.2) is 26.0 Å². The Morgan fingerprint density at radius 3 is 2.75 bits per heavy atom. The first-order valence-electron chi connectivity index (χ1n) is 5.03. The van der Waals surface area contributed by atoms with Gasteiger partial charge in [-0.05, 0) is 18.6 Å². The van der Waals surface area contributed by atoms with E-state index in [1.165, 1.54) is 13.2 Å². The fraction of sp³-hybridized carbons (Fsp3) is 0.333. The smallest absolute Gasteiger partial charge is 0.338 e. The highest BCUT2D eigenvalue weighted by molar-refractivity contribution is 5.99. The van der Waals surface area contributed by atoms with Crippen LogP contribution in [0.25, 0.3) is 0 Å². The first kappa shape index (κ1) is 12.2. The fourth-order valence-electron chi connectivity index (χ4n) is 1.29. The van der Waals surface area contributed by atoms with E-state index in [-0.39, 0.29) is 11.1 Å². The molecule has 0 bridgehead atoms. The van der Waals surface area contributed by atoms with Gasteiger partial charge in [-0.2, -0.15) is 0 Å². The lowest BCUT2D eigenvalue weighted by atomic mass is 10.1. The van der Waals surface area contributed by atoms with E-state index < -0.39 is 5.97 Å². The first-order valence-corrected chi connectivity index (χ1v) is 5.03. The van der Waals surface area contributed by atoms with Crippen molar-refractivity contribution in [3.05, 3.63) is 29.3 Å². The average Bonchev–Trinajstić information content (AvgIpc) is 2.34. The van der Waals surface area contributed by atoms with Crippen LogP contribution in [0.5, 0.6) is 5.75 Å². The molecule has 4 nitrogen and oxygen atoms in total. The van der Waals surface area contributed by atoms with Gasteiger partial charge in [0.1, 0.15) is 5.75 Å². The zero-order chi connectivity index (χ0) is 12.0. The van der Waals surface area contributed by atoms with Crippen molar-refractivity contribution in [2.24, 2.45) is 0 Å². The maximum absolute atomic E-state index is 11.4. The molecule has 0 saturated carbocycles. The van der Waals surface area contributed by atoms with Gasteiger partial charge in [-0.3, -0.25) is 4.79 Å². The molecule has 0 aliphatic carbocycles. The van der Waals surface area contributed by atoms with Gasteiger partial charge < -0.3 is 9.47 Å². The van der Waals surface area contributed by atoms with Crippen molar-refractivity contribution in [2.75, 3.05) is 13.7 Å². The average molecular weight is 222 g/mol. The van der Waals surface area contributed by atoms with Crippen LogP contribution in [0.15, 0.2) is 18.2 Å². The van der Waals surface area contributed by atoms with Gasteiger partial charge in [-0.15, -0.1) is 0 Å². The number of aldehydes is 1. The number of esters is 1. The van der Waals surface area contributed by atoms with Crippen molar-refractivity contribution in [1.29, 1.82) is 0 Å². The number of benzene rings is 1. The molecule has 86 valence electrons. The zero-order valence-corrected chi connectivity index (χ0v) is 9.36. The molecule has 1 aromatic rings. The molecule has 0 unspecified atom stereocenters. The molecule has 4 heteroatoms. The van der Waals surface area contributed by atoms with E-state index in [9.17, 15) is 9.59 Å². The normalized spacial score (nSPS) is 9.62. The van der Waals surface area contributed by atoms with E-state index in [0.29, 0.717) is 18.6 Å². The van der Waals surface area contributed by atoms with Gasteiger partial charge in [-0.25, -0.2) is 4.79 Å². The summed E-state index contributed by atoms with van der Waals surface area (Å²) < 4.78 is 9.96.